The summed E-state index contributed by atoms with van der Waals surface area (Å²) in [4.78, 5) is 29.5. The monoisotopic (exact) mass is 324 g/mol. The first-order chi connectivity index (χ1) is 11.4. The number of esters is 1. The molecule has 0 saturated carbocycles. The summed E-state index contributed by atoms with van der Waals surface area (Å²) in [5.41, 5.74) is 13.0. The van der Waals surface area contributed by atoms with Crippen LogP contribution in [0.2, 0.25) is 0 Å². The second-order valence-electron chi connectivity index (χ2n) is 5.45. The van der Waals surface area contributed by atoms with E-state index >= 15 is 0 Å². The Balaban J connectivity index is 1.75. The van der Waals surface area contributed by atoms with Crippen LogP contribution in [0, 0.1) is 0 Å². The van der Waals surface area contributed by atoms with Gasteiger partial charge in [-0.1, -0.05) is 0 Å². The zero-order valence-electron chi connectivity index (χ0n) is 13.0. The smallest absolute Gasteiger partial charge is 0.343 e. The van der Waals surface area contributed by atoms with Crippen molar-refractivity contribution in [2.45, 2.75) is 6.54 Å². The lowest BCUT2D eigenvalue weighted by atomic mass is 10.1. The van der Waals surface area contributed by atoms with E-state index in [0.717, 1.165) is 5.56 Å². The molecule has 0 atom stereocenters. The number of fused-ring (bicyclic) bond motifs is 1. The van der Waals surface area contributed by atoms with Crippen LogP contribution in [0.5, 0.6) is 5.75 Å². The van der Waals surface area contributed by atoms with Crippen molar-refractivity contribution >= 4 is 23.5 Å². The highest BCUT2D eigenvalue weighted by molar-refractivity contribution is 5.98. The van der Waals surface area contributed by atoms with Crippen LogP contribution in [0.3, 0.4) is 0 Å². The minimum absolute atomic E-state index is 0.0294. The molecule has 7 nitrogen and oxygen atoms in total. The molecule has 1 aliphatic rings. The lowest BCUT2D eigenvalue weighted by Crippen LogP contribution is -2.21. The zero-order valence-corrected chi connectivity index (χ0v) is 13.0. The van der Waals surface area contributed by atoms with Crippen molar-refractivity contribution in [1.29, 1.82) is 0 Å². The highest BCUT2D eigenvalue weighted by atomic mass is 16.5. The van der Waals surface area contributed by atoms with Gasteiger partial charge in [-0.05, 0) is 48.0 Å². The van der Waals surface area contributed by atoms with Gasteiger partial charge in [-0.3, -0.25) is 4.79 Å². The number of hydrogen-bond donors (Lipinski definition) is 2. The number of benzene rings is 2. The fraction of sp³-hybridized carbons (Fsp3) is 0.118. The predicted molar refractivity (Wildman–Crippen MR) is 89.1 cm³/mol. The van der Waals surface area contributed by atoms with Crippen LogP contribution in [0.1, 0.15) is 26.3 Å². The highest BCUT2D eigenvalue weighted by Crippen LogP contribution is 2.26. The van der Waals surface area contributed by atoms with Gasteiger partial charge in [0.25, 0.3) is 5.91 Å². The number of carbonyl (C=O) groups excluding carboxylic acids is 2. The molecule has 0 aromatic heterocycles. The zero-order chi connectivity index (χ0) is 17.3. The van der Waals surface area contributed by atoms with Crippen molar-refractivity contribution in [3.8, 4) is 5.75 Å². The molecule has 0 bridgehead atoms. The molecule has 122 valence electrons. The summed E-state index contributed by atoms with van der Waals surface area (Å²) in [6, 6.07) is 11.4. The minimum Gasteiger partial charge on any atom is -0.423 e. The van der Waals surface area contributed by atoms with E-state index in [9.17, 15) is 9.59 Å². The summed E-state index contributed by atoms with van der Waals surface area (Å²) >= 11 is 0. The Morgan fingerprint density at radius 1 is 1.17 bits per heavy atom. The normalized spacial score (nSPS) is 12.7. The van der Waals surface area contributed by atoms with Gasteiger partial charge in [0, 0.05) is 19.2 Å². The van der Waals surface area contributed by atoms with Crippen LogP contribution in [0.25, 0.3) is 0 Å². The molecule has 0 spiro atoms. The minimum atomic E-state index is -0.496. The number of hydrogen-bond acceptors (Lipinski definition) is 4. The summed E-state index contributed by atoms with van der Waals surface area (Å²) in [6.07, 6.45) is 0. The van der Waals surface area contributed by atoms with Crippen molar-refractivity contribution in [2.75, 3.05) is 7.05 Å². The third kappa shape index (κ3) is 3.05. The molecule has 0 fully saturated rings. The Bertz CT molecular complexity index is 839. The summed E-state index contributed by atoms with van der Waals surface area (Å²) in [5.74, 6) is -0.180. The number of guanidine groups is 1. The maximum atomic E-state index is 12.2. The molecule has 1 heterocycles. The van der Waals surface area contributed by atoms with Gasteiger partial charge in [0.15, 0.2) is 5.96 Å². The molecule has 1 amide bonds. The molecule has 2 aromatic rings. The molecule has 2 aromatic carbocycles. The van der Waals surface area contributed by atoms with Crippen LogP contribution in [0.4, 0.5) is 5.69 Å². The second kappa shape index (κ2) is 6.04. The summed E-state index contributed by atoms with van der Waals surface area (Å²) in [6.45, 7) is 0.507. The first-order valence-electron chi connectivity index (χ1n) is 7.24. The molecule has 0 unspecified atom stereocenters. The number of nitrogens with zero attached hydrogens (tertiary/aromatic N) is 2. The molecule has 7 heteroatoms. The summed E-state index contributed by atoms with van der Waals surface area (Å²) < 4.78 is 5.36. The molecule has 3 rings (SSSR count). The van der Waals surface area contributed by atoms with E-state index in [-0.39, 0.29) is 11.9 Å². The van der Waals surface area contributed by atoms with Crippen LogP contribution in [-0.2, 0) is 6.54 Å². The van der Waals surface area contributed by atoms with Gasteiger partial charge in [0.2, 0.25) is 0 Å². The van der Waals surface area contributed by atoms with Crippen molar-refractivity contribution in [3.05, 3.63) is 59.2 Å². The Morgan fingerprint density at radius 2 is 1.88 bits per heavy atom. The number of ether oxygens (including phenoxy) is 1. The van der Waals surface area contributed by atoms with Gasteiger partial charge in [-0.25, -0.2) is 9.79 Å². The third-order valence-corrected chi connectivity index (χ3v) is 3.63. The standard InChI is InChI=1S/C17H16N4O3/c1-21-9-11-8-13(6-7-14(11)15(21)22)24-16(23)10-2-4-12(5-3-10)20-17(18)19/h2-8H,9H2,1H3,(H4,18,19,20). The quantitative estimate of drug-likeness (QED) is 0.384. The Hall–Kier alpha value is -3.35. The number of carbonyl (C=O) groups is 2. The van der Waals surface area contributed by atoms with Crippen LogP contribution >= 0.6 is 0 Å². The Labute approximate surface area is 138 Å². The van der Waals surface area contributed by atoms with Crippen molar-refractivity contribution in [2.24, 2.45) is 16.5 Å². The van der Waals surface area contributed by atoms with E-state index in [1.165, 1.54) is 0 Å². The lowest BCUT2D eigenvalue weighted by Gasteiger charge is -2.06. The van der Waals surface area contributed by atoms with E-state index in [4.69, 9.17) is 16.2 Å². The maximum Gasteiger partial charge on any atom is 0.343 e. The maximum absolute atomic E-state index is 12.2. The summed E-state index contributed by atoms with van der Waals surface area (Å²) in [5, 5.41) is 0. The number of aliphatic imine (C=N–C) groups is 1. The van der Waals surface area contributed by atoms with Gasteiger partial charge in [0.1, 0.15) is 5.75 Å². The third-order valence-electron chi connectivity index (χ3n) is 3.63. The number of nitrogens with two attached hydrogens (primary N) is 2. The Morgan fingerprint density at radius 3 is 2.54 bits per heavy atom. The molecular formula is C17H16N4O3. The average Bonchev–Trinajstić information content (AvgIpc) is 2.81. The molecule has 0 aliphatic carbocycles. The lowest BCUT2D eigenvalue weighted by molar-refractivity contribution is 0.0734. The van der Waals surface area contributed by atoms with Crippen molar-refractivity contribution in [1.82, 2.24) is 4.90 Å². The number of amides is 1. The number of rotatable bonds is 3. The van der Waals surface area contributed by atoms with Crippen LogP contribution in [-0.4, -0.2) is 29.8 Å². The first kappa shape index (κ1) is 15.5. The van der Waals surface area contributed by atoms with Crippen LogP contribution in [0.15, 0.2) is 47.5 Å². The average molecular weight is 324 g/mol. The van der Waals surface area contributed by atoms with Crippen molar-refractivity contribution in [3.63, 3.8) is 0 Å². The van der Waals surface area contributed by atoms with Gasteiger partial charge in [0.05, 0.1) is 11.3 Å². The molecular weight excluding hydrogens is 308 g/mol. The van der Waals surface area contributed by atoms with E-state index in [2.05, 4.69) is 4.99 Å². The first-order valence-corrected chi connectivity index (χ1v) is 7.24. The largest absolute Gasteiger partial charge is 0.423 e. The SMILES string of the molecule is CN1Cc2cc(OC(=O)c3ccc(N=C(N)N)cc3)ccc2C1=O. The molecule has 0 radical (unpaired) electrons. The van der Waals surface area contributed by atoms with Crippen LogP contribution < -0.4 is 16.2 Å². The van der Waals surface area contributed by atoms with Gasteiger partial charge >= 0.3 is 5.97 Å². The molecule has 1 aliphatic heterocycles. The topological polar surface area (TPSA) is 111 Å². The van der Waals surface area contributed by atoms with E-state index in [1.807, 2.05) is 0 Å². The van der Waals surface area contributed by atoms with Gasteiger partial charge in [-0.2, -0.15) is 0 Å². The van der Waals surface area contributed by atoms with Gasteiger partial charge in [-0.15, -0.1) is 0 Å². The van der Waals surface area contributed by atoms with Gasteiger partial charge < -0.3 is 21.1 Å². The predicted octanol–water partition coefficient (Wildman–Crippen LogP) is 1.40. The highest BCUT2D eigenvalue weighted by Gasteiger charge is 2.24. The molecule has 0 saturated heterocycles. The second-order valence-corrected chi connectivity index (χ2v) is 5.45. The van der Waals surface area contributed by atoms with Crippen molar-refractivity contribution < 1.29 is 14.3 Å². The molecule has 4 N–H and O–H groups in total. The van der Waals surface area contributed by atoms with E-state index in [0.29, 0.717) is 29.1 Å². The molecule has 24 heavy (non-hydrogen) atoms. The fourth-order valence-electron chi connectivity index (χ4n) is 2.49. The van der Waals surface area contributed by atoms with E-state index in [1.54, 1.807) is 54.4 Å². The summed E-state index contributed by atoms with van der Waals surface area (Å²) in [7, 11) is 1.73. The van der Waals surface area contributed by atoms with E-state index < -0.39 is 5.97 Å². The Kier molecular flexibility index (Phi) is 3.91. The fourth-order valence-corrected chi connectivity index (χ4v) is 2.49.